The van der Waals surface area contributed by atoms with E-state index >= 15 is 0 Å². The van der Waals surface area contributed by atoms with Gasteiger partial charge in [0, 0.05) is 6.92 Å². The average molecular weight is 204 g/mol. The van der Waals surface area contributed by atoms with Crippen LogP contribution in [0, 0.1) is 5.92 Å². The van der Waals surface area contributed by atoms with Crippen LogP contribution in [0.3, 0.4) is 0 Å². The molecule has 0 atom stereocenters. The van der Waals surface area contributed by atoms with Crippen molar-refractivity contribution >= 4 is 11.9 Å². The summed E-state index contributed by atoms with van der Waals surface area (Å²) in [6.07, 6.45) is 2.05. The zero-order valence-corrected chi connectivity index (χ0v) is 9.37. The van der Waals surface area contributed by atoms with E-state index in [-0.39, 0.29) is 11.9 Å². The molecule has 0 aliphatic heterocycles. The first kappa shape index (κ1) is 15.4. The zero-order chi connectivity index (χ0) is 11.6. The first-order valence-electron chi connectivity index (χ1n) is 4.78. The highest BCUT2D eigenvalue weighted by molar-refractivity contribution is 5.68. The van der Waals surface area contributed by atoms with Gasteiger partial charge in [-0.05, 0) is 6.42 Å². The Morgan fingerprint density at radius 3 is 2.00 bits per heavy atom. The lowest BCUT2D eigenvalue weighted by molar-refractivity contribution is -0.141. The third-order valence-electron chi connectivity index (χ3n) is 1.30. The van der Waals surface area contributed by atoms with Crippen molar-refractivity contribution in [3.8, 4) is 0 Å². The second-order valence-corrected chi connectivity index (χ2v) is 3.19. The van der Waals surface area contributed by atoms with E-state index in [1.54, 1.807) is 13.8 Å². The summed E-state index contributed by atoms with van der Waals surface area (Å²) >= 11 is 0. The minimum atomic E-state index is -0.741. The van der Waals surface area contributed by atoms with Crippen molar-refractivity contribution in [3.63, 3.8) is 0 Å². The molecule has 1 N–H and O–H groups in total. The number of esters is 1. The molecule has 0 bridgehead atoms. The van der Waals surface area contributed by atoms with Gasteiger partial charge in [-0.2, -0.15) is 0 Å². The minimum Gasteiger partial charge on any atom is -0.481 e. The lowest BCUT2D eigenvalue weighted by atomic mass is 10.2. The van der Waals surface area contributed by atoms with Gasteiger partial charge < -0.3 is 9.84 Å². The maximum Gasteiger partial charge on any atom is 0.305 e. The summed E-state index contributed by atoms with van der Waals surface area (Å²) in [7, 11) is 0. The largest absolute Gasteiger partial charge is 0.481 e. The fourth-order valence-electron chi connectivity index (χ4n) is 0.360. The molecule has 4 nitrogen and oxygen atoms in total. The number of carboxylic acid groups (broad SMARTS) is 1. The molecule has 0 amide bonds. The molecule has 0 radical (unpaired) electrons. The van der Waals surface area contributed by atoms with Crippen molar-refractivity contribution in [1.82, 2.24) is 0 Å². The van der Waals surface area contributed by atoms with Gasteiger partial charge in [0.05, 0.1) is 12.5 Å². The van der Waals surface area contributed by atoms with Gasteiger partial charge in [0.25, 0.3) is 0 Å². The fraction of sp³-hybridized carbons (Fsp3) is 0.800. The number of hydrogen-bond acceptors (Lipinski definition) is 3. The number of carbonyl (C=O) groups is 2. The van der Waals surface area contributed by atoms with Crippen molar-refractivity contribution in [1.29, 1.82) is 0 Å². The summed E-state index contributed by atoms with van der Waals surface area (Å²) in [5, 5.41) is 7.99. The lowest BCUT2D eigenvalue weighted by Gasteiger charge is -1.96. The van der Waals surface area contributed by atoms with Gasteiger partial charge in [-0.15, -0.1) is 0 Å². The molecule has 14 heavy (non-hydrogen) atoms. The highest BCUT2D eigenvalue weighted by Crippen LogP contribution is 1.87. The normalized spacial score (nSPS) is 8.93. The summed E-state index contributed by atoms with van der Waals surface area (Å²) in [4.78, 5) is 19.8. The van der Waals surface area contributed by atoms with Crippen molar-refractivity contribution in [2.75, 3.05) is 6.61 Å². The monoisotopic (exact) mass is 204 g/mol. The van der Waals surface area contributed by atoms with E-state index in [1.165, 1.54) is 6.92 Å². The molecule has 84 valence electrons. The first-order chi connectivity index (χ1) is 6.41. The van der Waals surface area contributed by atoms with Crippen molar-refractivity contribution in [2.45, 2.75) is 40.5 Å². The Hall–Kier alpha value is -1.06. The van der Waals surface area contributed by atoms with Crippen LogP contribution in [0.1, 0.15) is 40.5 Å². The van der Waals surface area contributed by atoms with Crippen LogP contribution in [-0.2, 0) is 14.3 Å². The molecule has 0 aliphatic carbocycles. The molecule has 0 aromatic carbocycles. The third-order valence-corrected chi connectivity index (χ3v) is 1.30. The third kappa shape index (κ3) is 17.1. The van der Waals surface area contributed by atoms with Crippen LogP contribution < -0.4 is 0 Å². The van der Waals surface area contributed by atoms with E-state index in [2.05, 4.69) is 11.7 Å². The Kier molecular flexibility index (Phi) is 11.0. The second kappa shape index (κ2) is 10.0. The van der Waals surface area contributed by atoms with Gasteiger partial charge in [-0.1, -0.05) is 27.2 Å². The summed E-state index contributed by atoms with van der Waals surface area (Å²) in [5.41, 5.74) is 0. The molecular formula is C10H20O4. The number of aliphatic carboxylic acids is 1. The molecule has 0 aromatic rings. The fourth-order valence-corrected chi connectivity index (χ4v) is 0.360. The standard InChI is InChI=1S/C6H12O2.C4H8O2/c1-3-4-5-8-6(2)7;1-3(2)4(5)6/h3-5H2,1-2H3;3H,1-2H3,(H,5,6). The molecule has 0 unspecified atom stereocenters. The van der Waals surface area contributed by atoms with Crippen LogP contribution in [0.2, 0.25) is 0 Å². The Morgan fingerprint density at radius 1 is 1.36 bits per heavy atom. The van der Waals surface area contributed by atoms with Crippen LogP contribution in [0.15, 0.2) is 0 Å². The molecule has 0 fully saturated rings. The molecule has 0 saturated heterocycles. The van der Waals surface area contributed by atoms with Gasteiger partial charge >= 0.3 is 11.9 Å². The lowest BCUT2D eigenvalue weighted by Crippen LogP contribution is -2.03. The predicted octanol–water partition coefficient (Wildman–Crippen LogP) is 2.08. The van der Waals surface area contributed by atoms with E-state index < -0.39 is 5.97 Å². The Balaban J connectivity index is 0. The molecule has 0 saturated carbocycles. The number of rotatable bonds is 4. The first-order valence-corrected chi connectivity index (χ1v) is 4.78. The van der Waals surface area contributed by atoms with Crippen LogP contribution in [0.4, 0.5) is 0 Å². The summed E-state index contributed by atoms with van der Waals surface area (Å²) in [5.74, 6) is -1.15. The summed E-state index contributed by atoms with van der Waals surface area (Å²) in [6.45, 7) is 7.34. The van der Waals surface area contributed by atoms with Crippen LogP contribution in [-0.4, -0.2) is 23.7 Å². The van der Waals surface area contributed by atoms with E-state index in [4.69, 9.17) is 5.11 Å². The van der Waals surface area contributed by atoms with Gasteiger partial charge in [0.2, 0.25) is 0 Å². The number of unbranched alkanes of at least 4 members (excludes halogenated alkanes) is 1. The highest BCUT2D eigenvalue weighted by atomic mass is 16.5. The second-order valence-electron chi connectivity index (χ2n) is 3.19. The van der Waals surface area contributed by atoms with Gasteiger partial charge in [0.1, 0.15) is 0 Å². The van der Waals surface area contributed by atoms with E-state index in [1.807, 2.05) is 0 Å². The van der Waals surface area contributed by atoms with Crippen molar-refractivity contribution in [2.24, 2.45) is 5.92 Å². The molecule has 0 aliphatic rings. The number of hydrogen-bond donors (Lipinski definition) is 1. The van der Waals surface area contributed by atoms with E-state index in [0.29, 0.717) is 6.61 Å². The molecule has 0 heterocycles. The van der Waals surface area contributed by atoms with Crippen molar-refractivity contribution in [3.05, 3.63) is 0 Å². The number of carboxylic acids is 1. The van der Waals surface area contributed by atoms with Crippen LogP contribution >= 0.6 is 0 Å². The molecule has 0 spiro atoms. The quantitative estimate of drug-likeness (QED) is 0.562. The van der Waals surface area contributed by atoms with E-state index in [9.17, 15) is 9.59 Å². The van der Waals surface area contributed by atoms with Gasteiger partial charge in [-0.3, -0.25) is 9.59 Å². The summed E-state index contributed by atoms with van der Waals surface area (Å²) in [6, 6.07) is 0. The van der Waals surface area contributed by atoms with Crippen LogP contribution in [0.5, 0.6) is 0 Å². The zero-order valence-electron chi connectivity index (χ0n) is 9.37. The Labute approximate surface area is 85.3 Å². The minimum absolute atomic E-state index is 0.182. The van der Waals surface area contributed by atoms with Crippen LogP contribution in [0.25, 0.3) is 0 Å². The Bertz CT molecular complexity index is 164. The molecule has 4 heteroatoms. The number of carbonyl (C=O) groups excluding carboxylic acids is 1. The maximum absolute atomic E-state index is 10.1. The SMILES string of the molecule is CC(C)C(=O)O.CCCCOC(C)=O. The topological polar surface area (TPSA) is 63.6 Å². The van der Waals surface area contributed by atoms with Gasteiger partial charge in [-0.25, -0.2) is 0 Å². The van der Waals surface area contributed by atoms with Gasteiger partial charge in [0.15, 0.2) is 0 Å². The molecule has 0 aromatic heterocycles. The Morgan fingerprint density at radius 2 is 1.79 bits per heavy atom. The average Bonchev–Trinajstić information content (AvgIpc) is 2.05. The highest BCUT2D eigenvalue weighted by Gasteiger charge is 1.99. The summed E-state index contributed by atoms with van der Waals surface area (Å²) < 4.78 is 4.64. The molecule has 0 rings (SSSR count). The molecular weight excluding hydrogens is 184 g/mol. The van der Waals surface area contributed by atoms with E-state index in [0.717, 1.165) is 12.8 Å². The predicted molar refractivity (Wildman–Crippen MR) is 54.0 cm³/mol. The van der Waals surface area contributed by atoms with Crippen molar-refractivity contribution < 1.29 is 19.4 Å². The maximum atomic E-state index is 10.1. The number of ether oxygens (including phenoxy) is 1. The smallest absolute Gasteiger partial charge is 0.305 e.